The highest BCUT2D eigenvalue weighted by atomic mass is 35.5. The van der Waals surface area contributed by atoms with E-state index < -0.39 is 6.04 Å². The molecule has 2 aromatic carbocycles. The van der Waals surface area contributed by atoms with Gasteiger partial charge in [-0.25, -0.2) is 0 Å². The molecule has 0 N–H and O–H groups in total. The van der Waals surface area contributed by atoms with Crippen molar-refractivity contribution in [3.05, 3.63) is 51.5 Å². The molecule has 11 heteroatoms. The van der Waals surface area contributed by atoms with Crippen LogP contribution in [0.2, 0.25) is 10.0 Å². The summed E-state index contributed by atoms with van der Waals surface area (Å²) >= 11 is 12.8. The summed E-state index contributed by atoms with van der Waals surface area (Å²) in [5.74, 6) is 1.82. The van der Waals surface area contributed by atoms with Crippen molar-refractivity contribution in [2.45, 2.75) is 63.5 Å². The fraction of sp³-hybridized carbons (Fsp3) is 0.611. The number of morpholine rings is 1. The number of carbonyl (C=O) groups is 2. The maximum atomic E-state index is 14.3. The number of carbonyl (C=O) groups excluding carboxylic acids is 2. The molecule has 0 bridgehead atoms. The van der Waals surface area contributed by atoms with Crippen LogP contribution >= 0.6 is 23.2 Å². The number of benzene rings is 2. The van der Waals surface area contributed by atoms with Crippen LogP contribution in [0.3, 0.4) is 0 Å². The second kappa shape index (κ2) is 15.7. The summed E-state index contributed by atoms with van der Waals surface area (Å²) < 4.78 is 23.0. The summed E-state index contributed by atoms with van der Waals surface area (Å²) in [6.45, 7) is 3.34. The summed E-state index contributed by atoms with van der Waals surface area (Å²) in [5, 5.41) is 0.877. The van der Waals surface area contributed by atoms with Crippen molar-refractivity contribution in [3.8, 4) is 17.2 Å². The molecule has 1 unspecified atom stereocenters. The lowest BCUT2D eigenvalue weighted by Crippen LogP contribution is -2.53. The molecule has 5 rings (SSSR count). The molecule has 3 aliphatic rings. The van der Waals surface area contributed by atoms with E-state index in [2.05, 4.69) is 4.90 Å². The minimum Gasteiger partial charge on any atom is -0.493 e. The number of piperidine rings is 1. The van der Waals surface area contributed by atoms with Crippen LogP contribution in [0, 0.1) is 11.3 Å². The fourth-order valence-corrected chi connectivity index (χ4v) is 8.35. The Morgan fingerprint density at radius 1 is 0.915 bits per heavy atom. The normalized spacial score (nSPS) is 22.1. The van der Waals surface area contributed by atoms with E-state index in [0.29, 0.717) is 64.3 Å². The van der Waals surface area contributed by atoms with Crippen LogP contribution in [-0.4, -0.2) is 101 Å². The first-order valence-electron chi connectivity index (χ1n) is 16.7. The SMILES string of the molecule is COc1cc(C(=O)N2CCO[C@H](CCN3CCC(C(=O)N(C)C)(C4CCCCC4)CC3)C2c2ccc(Cl)c(Cl)c2)cc(OC)c1OC. The number of ether oxygens (including phenoxy) is 4. The van der Waals surface area contributed by atoms with Gasteiger partial charge in [-0.05, 0) is 80.9 Å². The van der Waals surface area contributed by atoms with Crippen molar-refractivity contribution in [2.24, 2.45) is 11.3 Å². The molecule has 258 valence electrons. The van der Waals surface area contributed by atoms with E-state index in [1.807, 2.05) is 36.0 Å². The van der Waals surface area contributed by atoms with E-state index in [0.717, 1.165) is 50.9 Å². The second-order valence-corrected chi connectivity index (χ2v) is 14.1. The van der Waals surface area contributed by atoms with Gasteiger partial charge in [0.15, 0.2) is 11.5 Å². The zero-order chi connectivity index (χ0) is 33.7. The highest BCUT2D eigenvalue weighted by Crippen LogP contribution is 2.47. The third kappa shape index (κ3) is 7.48. The van der Waals surface area contributed by atoms with E-state index in [4.69, 9.17) is 42.1 Å². The van der Waals surface area contributed by atoms with Crippen molar-refractivity contribution in [3.63, 3.8) is 0 Å². The number of hydrogen-bond acceptors (Lipinski definition) is 7. The average molecular weight is 691 g/mol. The van der Waals surface area contributed by atoms with E-state index in [9.17, 15) is 9.59 Å². The van der Waals surface area contributed by atoms with Gasteiger partial charge in [0.1, 0.15) is 0 Å². The lowest BCUT2D eigenvalue weighted by Gasteiger charge is -2.48. The number of nitrogens with zero attached hydrogens (tertiary/aromatic N) is 3. The van der Waals surface area contributed by atoms with Crippen LogP contribution in [0.1, 0.15) is 73.3 Å². The van der Waals surface area contributed by atoms with Crippen molar-refractivity contribution < 1.29 is 28.5 Å². The summed E-state index contributed by atoms with van der Waals surface area (Å²) in [5.41, 5.74) is 1.01. The molecule has 2 aromatic rings. The summed E-state index contributed by atoms with van der Waals surface area (Å²) in [6, 6.07) is 8.49. The number of amides is 2. The Hall–Kier alpha value is -2.72. The largest absolute Gasteiger partial charge is 0.493 e. The topological polar surface area (TPSA) is 80.8 Å². The van der Waals surface area contributed by atoms with Crippen molar-refractivity contribution >= 4 is 35.0 Å². The first-order valence-corrected chi connectivity index (χ1v) is 17.5. The minimum atomic E-state index is -0.397. The summed E-state index contributed by atoms with van der Waals surface area (Å²) in [6.07, 6.45) is 8.20. The van der Waals surface area contributed by atoms with Crippen LogP contribution in [0.5, 0.6) is 17.2 Å². The average Bonchev–Trinajstić information content (AvgIpc) is 3.10. The van der Waals surface area contributed by atoms with Crippen LogP contribution < -0.4 is 14.2 Å². The van der Waals surface area contributed by atoms with Gasteiger partial charge >= 0.3 is 0 Å². The molecule has 2 amide bonds. The third-order valence-corrected chi connectivity index (χ3v) is 11.2. The predicted molar refractivity (Wildman–Crippen MR) is 184 cm³/mol. The Morgan fingerprint density at radius 2 is 1.57 bits per heavy atom. The van der Waals surface area contributed by atoms with Crippen LogP contribution in [0.25, 0.3) is 0 Å². The highest BCUT2D eigenvalue weighted by molar-refractivity contribution is 6.42. The molecule has 1 aliphatic carbocycles. The maximum absolute atomic E-state index is 14.3. The van der Waals surface area contributed by atoms with E-state index in [1.165, 1.54) is 40.6 Å². The molecule has 1 saturated carbocycles. The fourth-order valence-electron chi connectivity index (χ4n) is 8.05. The van der Waals surface area contributed by atoms with Gasteiger partial charge in [-0.3, -0.25) is 9.59 Å². The predicted octanol–water partition coefficient (Wildman–Crippen LogP) is 6.74. The smallest absolute Gasteiger partial charge is 0.254 e. The number of methoxy groups -OCH3 is 3. The molecule has 0 spiro atoms. The molecule has 2 saturated heterocycles. The molecular weight excluding hydrogens is 641 g/mol. The quantitative estimate of drug-likeness (QED) is 0.273. The number of hydrogen-bond donors (Lipinski definition) is 0. The van der Waals surface area contributed by atoms with Crippen LogP contribution in [0.15, 0.2) is 30.3 Å². The lowest BCUT2D eigenvalue weighted by molar-refractivity contribution is -0.148. The molecule has 0 radical (unpaired) electrons. The van der Waals surface area contributed by atoms with E-state index >= 15 is 0 Å². The number of rotatable bonds is 10. The molecule has 3 fully saturated rings. The Balaban J connectivity index is 1.37. The van der Waals surface area contributed by atoms with E-state index in [-0.39, 0.29) is 17.4 Å². The maximum Gasteiger partial charge on any atom is 0.254 e. The van der Waals surface area contributed by atoms with Crippen LogP contribution in [0.4, 0.5) is 0 Å². The minimum absolute atomic E-state index is 0.175. The van der Waals surface area contributed by atoms with Gasteiger partial charge in [0.2, 0.25) is 11.7 Å². The monoisotopic (exact) mass is 689 g/mol. The van der Waals surface area contributed by atoms with Gasteiger partial charge in [-0.1, -0.05) is 48.5 Å². The number of likely N-dealkylation sites (tertiary alicyclic amines) is 1. The second-order valence-electron chi connectivity index (χ2n) is 13.3. The van der Waals surface area contributed by atoms with Gasteiger partial charge in [-0.2, -0.15) is 0 Å². The Labute approximate surface area is 289 Å². The van der Waals surface area contributed by atoms with Gasteiger partial charge in [0.05, 0.1) is 55.5 Å². The van der Waals surface area contributed by atoms with Gasteiger partial charge in [0.25, 0.3) is 5.91 Å². The van der Waals surface area contributed by atoms with Gasteiger partial charge < -0.3 is 33.6 Å². The molecular formula is C36H49Cl2N3O6. The molecule has 0 aromatic heterocycles. The highest BCUT2D eigenvalue weighted by Gasteiger charge is 2.48. The lowest BCUT2D eigenvalue weighted by atomic mass is 9.63. The van der Waals surface area contributed by atoms with Gasteiger partial charge in [0, 0.05) is 32.7 Å². The molecule has 2 heterocycles. The molecule has 47 heavy (non-hydrogen) atoms. The zero-order valence-corrected chi connectivity index (χ0v) is 29.9. The summed E-state index contributed by atoms with van der Waals surface area (Å²) in [4.78, 5) is 34.0. The summed E-state index contributed by atoms with van der Waals surface area (Å²) in [7, 11) is 8.39. The van der Waals surface area contributed by atoms with Crippen LogP contribution in [-0.2, 0) is 9.53 Å². The van der Waals surface area contributed by atoms with Crippen molar-refractivity contribution in [2.75, 3.05) is 68.2 Å². The first-order chi connectivity index (χ1) is 22.6. The van der Waals surface area contributed by atoms with Crippen molar-refractivity contribution in [1.29, 1.82) is 0 Å². The Kier molecular flexibility index (Phi) is 11.9. The van der Waals surface area contributed by atoms with Gasteiger partial charge in [-0.15, -0.1) is 0 Å². The Bertz CT molecular complexity index is 1380. The van der Waals surface area contributed by atoms with E-state index in [1.54, 1.807) is 18.2 Å². The zero-order valence-electron chi connectivity index (χ0n) is 28.4. The Morgan fingerprint density at radius 3 is 2.15 bits per heavy atom. The molecule has 9 nitrogen and oxygen atoms in total. The van der Waals surface area contributed by atoms with Crippen molar-refractivity contribution in [1.82, 2.24) is 14.7 Å². The molecule has 2 aliphatic heterocycles. The number of halogens is 2. The third-order valence-electron chi connectivity index (χ3n) is 10.5. The molecule has 2 atom stereocenters. The standard InChI is InChI=1S/C36H49Cl2N3O6/c1-39(2)35(43)36(26-9-7-6-8-10-26)14-17-40(18-15-36)16-13-29-32(24-11-12-27(37)28(38)21-24)41(19-20-47-29)34(42)25-22-30(44-3)33(46-5)31(23-25)45-4/h11-12,21-23,26,29,32H,6-10,13-20H2,1-5H3/t29-,32?/m1/s1. The first kappa shape index (κ1) is 35.6.